The number of rotatable bonds is 10. The van der Waals surface area contributed by atoms with Gasteiger partial charge in [0.05, 0.1) is 28.2 Å². The molecule has 0 radical (unpaired) electrons. The molecule has 5 rings (SSSR count). The van der Waals surface area contributed by atoms with Crippen LogP contribution < -0.4 is 0 Å². The van der Waals surface area contributed by atoms with Gasteiger partial charge in [-0.15, -0.1) is 0 Å². The summed E-state index contributed by atoms with van der Waals surface area (Å²) in [5.41, 5.74) is -6.86. The van der Waals surface area contributed by atoms with E-state index in [9.17, 15) is 29.1 Å². The molecule has 1 saturated heterocycles. The molecule has 2 saturated carbocycles. The molecule has 12 heteroatoms. The Morgan fingerprint density at radius 2 is 1.38 bits per heavy atom. The lowest BCUT2D eigenvalue weighted by Gasteiger charge is -2.65. The van der Waals surface area contributed by atoms with E-state index in [2.05, 4.69) is 0 Å². The van der Waals surface area contributed by atoms with E-state index in [-0.39, 0.29) is 24.0 Å². The zero-order valence-electron chi connectivity index (χ0n) is 29.5. The highest BCUT2D eigenvalue weighted by Gasteiger charge is 2.86. The van der Waals surface area contributed by atoms with E-state index in [0.717, 1.165) is 0 Å². The average Bonchev–Trinajstić information content (AvgIpc) is 3.23. The van der Waals surface area contributed by atoms with Gasteiger partial charge >= 0.3 is 29.8 Å². The smallest absolute Gasteiger partial charge is 0.338 e. The van der Waals surface area contributed by atoms with Crippen molar-refractivity contribution in [3.8, 4) is 0 Å². The van der Waals surface area contributed by atoms with Crippen LogP contribution in [0.25, 0.3) is 0 Å². The highest BCUT2D eigenvalue weighted by molar-refractivity contribution is 5.90. The Balaban J connectivity index is 1.81. The summed E-state index contributed by atoms with van der Waals surface area (Å²) in [4.78, 5) is 66.9. The first kappa shape index (κ1) is 37.0. The molecule has 2 aromatic carbocycles. The van der Waals surface area contributed by atoms with Crippen molar-refractivity contribution >= 4 is 29.8 Å². The lowest BCUT2D eigenvalue weighted by Crippen LogP contribution is -2.83. The lowest BCUT2D eigenvalue weighted by atomic mass is 9.46. The first-order valence-electron chi connectivity index (χ1n) is 17.0. The Morgan fingerprint density at radius 3 is 1.90 bits per heavy atom. The molecule has 3 fully saturated rings. The van der Waals surface area contributed by atoms with Crippen LogP contribution in [0, 0.1) is 17.3 Å². The van der Waals surface area contributed by atoms with Gasteiger partial charge in [-0.1, -0.05) is 50.2 Å². The van der Waals surface area contributed by atoms with Crippen LogP contribution in [0.2, 0.25) is 0 Å². The number of benzene rings is 2. The van der Waals surface area contributed by atoms with Gasteiger partial charge in [0.15, 0.2) is 11.7 Å². The van der Waals surface area contributed by atoms with Gasteiger partial charge in [-0.05, 0) is 57.9 Å². The molecule has 50 heavy (non-hydrogen) atoms. The third-order valence-electron chi connectivity index (χ3n) is 10.7. The van der Waals surface area contributed by atoms with Crippen molar-refractivity contribution in [2.75, 3.05) is 6.61 Å². The number of carbonyl (C=O) groups is 5. The molecule has 0 amide bonds. The SMILES string of the molecule is CC[C@H](C)C(=O)O[C@H]1C[C@@H]2[C@@H](OC(C)=O)[C@@]3(OC2(C)C)[C@@]1(COC(C)=O)[C@@H](OC(=O)c1ccccc1)[C@@H](OC(=O)c1ccccc1)C[C@]3(C)O. The normalized spacial score (nSPS) is 32.8. The van der Waals surface area contributed by atoms with E-state index < -0.39 is 94.9 Å². The van der Waals surface area contributed by atoms with Gasteiger partial charge in [0.2, 0.25) is 0 Å². The fourth-order valence-corrected chi connectivity index (χ4v) is 8.18. The molecule has 0 unspecified atom stereocenters. The Bertz CT molecular complexity index is 1600. The van der Waals surface area contributed by atoms with Crippen molar-refractivity contribution in [2.45, 2.75) is 109 Å². The summed E-state index contributed by atoms with van der Waals surface area (Å²) in [6.07, 6.45) is -5.39. The molecule has 1 spiro atoms. The second-order valence-corrected chi connectivity index (χ2v) is 14.3. The number of aliphatic hydroxyl groups is 1. The molecule has 2 aromatic rings. The van der Waals surface area contributed by atoms with Crippen LogP contribution >= 0.6 is 0 Å². The van der Waals surface area contributed by atoms with Crippen LogP contribution in [0.5, 0.6) is 0 Å². The van der Waals surface area contributed by atoms with E-state index in [4.69, 9.17) is 28.4 Å². The number of esters is 5. The van der Waals surface area contributed by atoms with E-state index in [1.54, 1.807) is 69.3 Å². The van der Waals surface area contributed by atoms with E-state index in [1.165, 1.54) is 32.9 Å². The van der Waals surface area contributed by atoms with E-state index in [0.29, 0.717) is 6.42 Å². The Kier molecular flexibility index (Phi) is 10.2. The van der Waals surface area contributed by atoms with Crippen molar-refractivity contribution in [1.82, 2.24) is 0 Å². The quantitative estimate of drug-likeness (QED) is 0.272. The maximum atomic E-state index is 14.0. The zero-order valence-corrected chi connectivity index (χ0v) is 29.5. The first-order chi connectivity index (χ1) is 23.5. The van der Waals surface area contributed by atoms with Crippen LogP contribution in [-0.2, 0) is 42.8 Å². The minimum atomic E-state index is -2.04. The highest BCUT2D eigenvalue weighted by atomic mass is 16.6. The molecule has 0 aromatic heterocycles. The summed E-state index contributed by atoms with van der Waals surface area (Å²) in [7, 11) is 0. The fourth-order valence-electron chi connectivity index (χ4n) is 8.18. The molecule has 9 atom stereocenters. The first-order valence-corrected chi connectivity index (χ1v) is 17.0. The van der Waals surface area contributed by atoms with Crippen LogP contribution in [0.3, 0.4) is 0 Å². The molecule has 3 aliphatic rings. The van der Waals surface area contributed by atoms with Gasteiger partial charge in [-0.3, -0.25) is 14.4 Å². The monoisotopic (exact) mass is 694 g/mol. The van der Waals surface area contributed by atoms with Crippen molar-refractivity contribution < 1.29 is 57.5 Å². The Morgan fingerprint density at radius 1 is 0.820 bits per heavy atom. The molecule has 1 N–H and O–H groups in total. The van der Waals surface area contributed by atoms with Crippen LogP contribution in [-0.4, -0.2) is 82.8 Å². The zero-order chi connectivity index (χ0) is 36.6. The molecule has 1 aliphatic heterocycles. The summed E-state index contributed by atoms with van der Waals surface area (Å²) in [5, 5.41) is 12.8. The highest BCUT2D eigenvalue weighted by Crippen LogP contribution is 2.69. The maximum absolute atomic E-state index is 14.0. The molecular formula is C38H46O12. The van der Waals surface area contributed by atoms with Crippen molar-refractivity contribution in [1.29, 1.82) is 0 Å². The third-order valence-corrected chi connectivity index (χ3v) is 10.7. The molecule has 12 nitrogen and oxygen atoms in total. The van der Waals surface area contributed by atoms with Gasteiger partial charge in [-0.25, -0.2) is 9.59 Å². The van der Waals surface area contributed by atoms with E-state index in [1.807, 2.05) is 6.92 Å². The van der Waals surface area contributed by atoms with Gasteiger partial charge < -0.3 is 33.5 Å². The van der Waals surface area contributed by atoms with Crippen molar-refractivity contribution in [3.05, 3.63) is 71.8 Å². The van der Waals surface area contributed by atoms with Gasteiger partial charge in [0.25, 0.3) is 0 Å². The largest absolute Gasteiger partial charge is 0.465 e. The van der Waals surface area contributed by atoms with Gasteiger partial charge in [-0.2, -0.15) is 0 Å². The number of ether oxygens (including phenoxy) is 6. The predicted octanol–water partition coefficient (Wildman–Crippen LogP) is 4.60. The van der Waals surface area contributed by atoms with E-state index >= 15 is 0 Å². The number of hydrogen-bond donors (Lipinski definition) is 1. The average molecular weight is 695 g/mol. The second-order valence-electron chi connectivity index (χ2n) is 14.3. The van der Waals surface area contributed by atoms with Crippen LogP contribution in [0.1, 0.15) is 88.4 Å². The molecule has 2 bridgehead atoms. The van der Waals surface area contributed by atoms with Crippen molar-refractivity contribution in [2.24, 2.45) is 17.3 Å². The van der Waals surface area contributed by atoms with Gasteiger partial charge in [0.1, 0.15) is 30.3 Å². The maximum Gasteiger partial charge on any atom is 0.338 e. The number of carbonyl (C=O) groups excluding carboxylic acids is 5. The number of hydrogen-bond acceptors (Lipinski definition) is 12. The third kappa shape index (κ3) is 6.28. The predicted molar refractivity (Wildman–Crippen MR) is 176 cm³/mol. The van der Waals surface area contributed by atoms with Gasteiger partial charge in [0, 0.05) is 26.2 Å². The van der Waals surface area contributed by atoms with Crippen LogP contribution in [0.15, 0.2) is 60.7 Å². The summed E-state index contributed by atoms with van der Waals surface area (Å²) >= 11 is 0. The minimum Gasteiger partial charge on any atom is -0.465 e. The standard InChI is InChI=1S/C38H46O12/c1-8-22(2)32(41)48-29-19-27-30(46-24(4)40)38(50-35(27,5)6)36(7,44)20-28(47-33(42)25-15-11-9-12-16-25)31(37(29,38)21-45-23(3)39)49-34(43)26-17-13-10-14-18-26/h9-18,22,27-31,44H,8,19-21H2,1-7H3/t22-,27+,28-,29-,30+,31-,36-,37+,38-/m0/s1. The number of fused-ring (bicyclic) bond motifs is 1. The second kappa shape index (κ2) is 13.8. The summed E-state index contributed by atoms with van der Waals surface area (Å²) in [5.74, 6) is -4.82. The summed E-state index contributed by atoms with van der Waals surface area (Å²) in [6, 6.07) is 16.2. The lowest BCUT2D eigenvalue weighted by molar-refractivity contribution is -0.354. The Hall–Kier alpha value is -4.29. The summed E-state index contributed by atoms with van der Waals surface area (Å²) < 4.78 is 37.5. The van der Waals surface area contributed by atoms with Crippen LogP contribution in [0.4, 0.5) is 0 Å². The summed E-state index contributed by atoms with van der Waals surface area (Å²) in [6.45, 7) is 10.3. The van der Waals surface area contributed by atoms with Crippen molar-refractivity contribution in [3.63, 3.8) is 0 Å². The minimum absolute atomic E-state index is 0.00897. The molecule has 270 valence electrons. The topological polar surface area (TPSA) is 161 Å². The fraction of sp³-hybridized carbons (Fsp3) is 0.553. The Labute approximate surface area is 291 Å². The molecular weight excluding hydrogens is 648 g/mol. The molecule has 2 aliphatic carbocycles. The molecule has 1 heterocycles.